The van der Waals surface area contributed by atoms with Crippen LogP contribution in [0.4, 0.5) is 0 Å². The maximum atomic E-state index is 12.7. The molecular formula is C18H26N2O5S. The van der Waals surface area contributed by atoms with E-state index in [4.69, 9.17) is 5.11 Å². The van der Waals surface area contributed by atoms with Gasteiger partial charge in [0.15, 0.2) is 5.78 Å². The van der Waals surface area contributed by atoms with Crippen LogP contribution in [0.15, 0.2) is 29.2 Å². The third-order valence-electron chi connectivity index (χ3n) is 4.66. The first-order valence-corrected chi connectivity index (χ1v) is 10.2. The average molecular weight is 382 g/mol. The summed E-state index contributed by atoms with van der Waals surface area (Å²) in [5.41, 5.74) is 0.469. The van der Waals surface area contributed by atoms with Crippen molar-refractivity contribution in [1.82, 2.24) is 9.62 Å². The molecule has 0 bridgehead atoms. The number of carbonyl (C=O) groups excluding carboxylic acids is 2. The minimum Gasteiger partial charge on any atom is -0.396 e. The summed E-state index contributed by atoms with van der Waals surface area (Å²) in [5.74, 6) is -0.422. The molecule has 7 nitrogen and oxygen atoms in total. The van der Waals surface area contributed by atoms with Crippen molar-refractivity contribution in [2.24, 2.45) is 11.8 Å². The number of aliphatic hydroxyl groups is 1. The van der Waals surface area contributed by atoms with Crippen molar-refractivity contribution in [1.29, 1.82) is 0 Å². The summed E-state index contributed by atoms with van der Waals surface area (Å²) in [6.07, 6.45) is 0.925. The van der Waals surface area contributed by atoms with Crippen molar-refractivity contribution < 1.29 is 23.1 Å². The van der Waals surface area contributed by atoms with E-state index in [1.807, 2.05) is 6.92 Å². The summed E-state index contributed by atoms with van der Waals surface area (Å²) in [5, 5.41) is 11.8. The van der Waals surface area contributed by atoms with Crippen molar-refractivity contribution in [3.63, 3.8) is 0 Å². The molecule has 1 aromatic carbocycles. The first kappa shape index (κ1) is 20.5. The van der Waals surface area contributed by atoms with E-state index in [1.165, 1.54) is 35.5 Å². The van der Waals surface area contributed by atoms with Crippen LogP contribution in [0, 0.1) is 11.8 Å². The smallest absolute Gasteiger partial charge is 0.243 e. The monoisotopic (exact) mass is 382 g/mol. The Labute approximate surface area is 154 Å². The van der Waals surface area contributed by atoms with Gasteiger partial charge in [0.2, 0.25) is 15.9 Å². The van der Waals surface area contributed by atoms with Gasteiger partial charge in [-0.3, -0.25) is 9.59 Å². The minimum absolute atomic E-state index is 0.00242. The number of nitrogens with one attached hydrogen (secondary N) is 1. The molecule has 1 fully saturated rings. The topological polar surface area (TPSA) is 104 Å². The SMILES string of the molecule is CC(=O)c1ccc(S(=O)(=O)N2CCC(C(=O)NC[C@@H](C)CO)CC2)cc1. The number of piperidine rings is 1. The highest BCUT2D eigenvalue weighted by atomic mass is 32.2. The van der Waals surface area contributed by atoms with E-state index in [0.29, 0.717) is 24.9 Å². The first-order chi connectivity index (χ1) is 12.3. The quantitative estimate of drug-likeness (QED) is 0.686. The molecule has 2 rings (SSSR count). The van der Waals surface area contributed by atoms with Crippen molar-refractivity contribution in [2.45, 2.75) is 31.6 Å². The first-order valence-electron chi connectivity index (χ1n) is 8.75. The van der Waals surface area contributed by atoms with Gasteiger partial charge in [-0.05, 0) is 37.8 Å². The molecule has 1 aromatic rings. The van der Waals surface area contributed by atoms with E-state index < -0.39 is 10.0 Å². The van der Waals surface area contributed by atoms with Gasteiger partial charge in [0, 0.05) is 37.7 Å². The van der Waals surface area contributed by atoms with Gasteiger partial charge in [-0.15, -0.1) is 0 Å². The molecule has 2 N–H and O–H groups in total. The van der Waals surface area contributed by atoms with Crippen LogP contribution in [0.1, 0.15) is 37.0 Å². The Bertz CT molecular complexity index is 737. The zero-order valence-electron chi connectivity index (χ0n) is 15.1. The second-order valence-electron chi connectivity index (χ2n) is 6.79. The van der Waals surface area contributed by atoms with Crippen molar-refractivity contribution in [3.05, 3.63) is 29.8 Å². The van der Waals surface area contributed by atoms with Gasteiger partial charge in [0.1, 0.15) is 0 Å². The summed E-state index contributed by atoms with van der Waals surface area (Å²) in [4.78, 5) is 23.6. The third kappa shape index (κ3) is 4.90. The van der Waals surface area contributed by atoms with Gasteiger partial charge in [0.05, 0.1) is 4.90 Å². The van der Waals surface area contributed by atoms with Gasteiger partial charge in [-0.25, -0.2) is 8.42 Å². The number of amides is 1. The fourth-order valence-corrected chi connectivity index (χ4v) is 4.32. The van der Waals surface area contributed by atoms with E-state index in [1.54, 1.807) is 0 Å². The Hall–Kier alpha value is -1.77. The van der Waals surface area contributed by atoms with Crippen LogP contribution in [0.2, 0.25) is 0 Å². The van der Waals surface area contributed by atoms with Crippen LogP contribution in [0.3, 0.4) is 0 Å². The number of carbonyl (C=O) groups is 2. The van der Waals surface area contributed by atoms with Crippen LogP contribution in [0.5, 0.6) is 0 Å². The lowest BCUT2D eigenvalue weighted by atomic mass is 9.97. The summed E-state index contributed by atoms with van der Waals surface area (Å²) < 4.78 is 26.8. The average Bonchev–Trinajstić information content (AvgIpc) is 2.65. The molecule has 144 valence electrons. The molecule has 0 aliphatic carbocycles. The largest absolute Gasteiger partial charge is 0.396 e. The second-order valence-corrected chi connectivity index (χ2v) is 8.73. The van der Waals surface area contributed by atoms with E-state index >= 15 is 0 Å². The molecule has 1 amide bonds. The standard InChI is InChI=1S/C18H26N2O5S/c1-13(12-21)11-19-18(23)16-7-9-20(10-8-16)26(24,25)17-5-3-15(4-6-17)14(2)22/h3-6,13,16,21H,7-12H2,1-2H3,(H,19,23)/t13-/m1/s1. The van der Waals surface area contributed by atoms with Crippen molar-refractivity contribution in [3.8, 4) is 0 Å². The molecule has 1 heterocycles. The van der Waals surface area contributed by atoms with Gasteiger partial charge < -0.3 is 10.4 Å². The van der Waals surface area contributed by atoms with Crippen molar-refractivity contribution in [2.75, 3.05) is 26.2 Å². The van der Waals surface area contributed by atoms with E-state index in [2.05, 4.69) is 5.32 Å². The van der Waals surface area contributed by atoms with Crippen molar-refractivity contribution >= 4 is 21.7 Å². The van der Waals surface area contributed by atoms with Gasteiger partial charge in [-0.2, -0.15) is 4.31 Å². The summed E-state index contributed by atoms with van der Waals surface area (Å²) in [6.45, 7) is 4.26. The predicted octanol–water partition coefficient (Wildman–Crippen LogP) is 1.03. The Kier molecular flexibility index (Phi) is 6.91. The van der Waals surface area contributed by atoms with Gasteiger partial charge >= 0.3 is 0 Å². The normalized spacial score (nSPS) is 17.7. The van der Waals surface area contributed by atoms with Crippen LogP contribution >= 0.6 is 0 Å². The minimum atomic E-state index is -3.63. The molecule has 0 unspecified atom stereocenters. The molecule has 0 radical (unpaired) electrons. The lowest BCUT2D eigenvalue weighted by Crippen LogP contribution is -2.43. The lowest BCUT2D eigenvalue weighted by Gasteiger charge is -2.30. The zero-order chi connectivity index (χ0) is 19.3. The highest BCUT2D eigenvalue weighted by Gasteiger charge is 2.32. The Balaban J connectivity index is 1.95. The summed E-state index contributed by atoms with van der Waals surface area (Å²) in [7, 11) is -3.63. The summed E-state index contributed by atoms with van der Waals surface area (Å²) >= 11 is 0. The molecule has 8 heteroatoms. The molecule has 0 aromatic heterocycles. The number of benzene rings is 1. The van der Waals surface area contributed by atoms with E-state index in [0.717, 1.165) is 0 Å². The molecule has 1 atom stereocenters. The molecule has 1 aliphatic heterocycles. The fourth-order valence-electron chi connectivity index (χ4n) is 2.85. The second kappa shape index (κ2) is 8.75. The number of rotatable bonds is 7. The molecule has 1 saturated heterocycles. The van der Waals surface area contributed by atoms with E-state index in [-0.39, 0.29) is 48.1 Å². The zero-order valence-corrected chi connectivity index (χ0v) is 16.0. The molecule has 0 saturated carbocycles. The Morgan fingerprint density at radius 2 is 1.81 bits per heavy atom. The number of aliphatic hydroxyl groups excluding tert-OH is 1. The number of nitrogens with zero attached hydrogens (tertiary/aromatic N) is 1. The summed E-state index contributed by atoms with van der Waals surface area (Å²) in [6, 6.07) is 5.91. The Morgan fingerprint density at radius 3 is 2.31 bits per heavy atom. The molecular weight excluding hydrogens is 356 g/mol. The van der Waals surface area contributed by atoms with Crippen LogP contribution in [-0.2, 0) is 14.8 Å². The highest BCUT2D eigenvalue weighted by Crippen LogP contribution is 2.24. The molecule has 1 aliphatic rings. The van der Waals surface area contributed by atoms with Gasteiger partial charge in [0.25, 0.3) is 0 Å². The number of hydrogen-bond acceptors (Lipinski definition) is 5. The predicted molar refractivity (Wildman–Crippen MR) is 97.2 cm³/mol. The van der Waals surface area contributed by atoms with Gasteiger partial charge in [-0.1, -0.05) is 19.1 Å². The maximum Gasteiger partial charge on any atom is 0.243 e. The molecule has 26 heavy (non-hydrogen) atoms. The van der Waals surface area contributed by atoms with Crippen LogP contribution < -0.4 is 5.32 Å². The fraction of sp³-hybridized carbons (Fsp3) is 0.556. The van der Waals surface area contributed by atoms with E-state index in [9.17, 15) is 18.0 Å². The van der Waals surface area contributed by atoms with Crippen LogP contribution in [0.25, 0.3) is 0 Å². The number of Topliss-reactive ketones (excluding diaryl/α,β-unsaturated/α-hetero) is 1. The number of ketones is 1. The lowest BCUT2D eigenvalue weighted by molar-refractivity contribution is -0.126. The Morgan fingerprint density at radius 1 is 1.23 bits per heavy atom. The maximum absolute atomic E-state index is 12.7. The highest BCUT2D eigenvalue weighted by molar-refractivity contribution is 7.89. The van der Waals surface area contributed by atoms with Crippen LogP contribution in [-0.4, -0.2) is 55.8 Å². The number of sulfonamides is 1. The third-order valence-corrected chi connectivity index (χ3v) is 6.57. The molecule has 0 spiro atoms. The number of hydrogen-bond donors (Lipinski definition) is 2.